The van der Waals surface area contributed by atoms with Crippen LogP contribution in [0.1, 0.15) is 25.3 Å². The van der Waals surface area contributed by atoms with E-state index in [0.29, 0.717) is 19.6 Å². The first-order chi connectivity index (χ1) is 12.8. The highest BCUT2D eigenvalue weighted by Gasteiger charge is 2.28. The summed E-state index contributed by atoms with van der Waals surface area (Å²) in [4.78, 5) is 16.2. The van der Waals surface area contributed by atoms with Gasteiger partial charge in [-0.3, -0.25) is 4.79 Å². The lowest BCUT2D eigenvalue weighted by Gasteiger charge is -2.11. The van der Waals surface area contributed by atoms with Gasteiger partial charge in [-0.2, -0.15) is 5.10 Å². The molecule has 1 aliphatic rings. The van der Waals surface area contributed by atoms with Gasteiger partial charge >= 0.3 is 0 Å². The minimum Gasteiger partial charge on any atom is -0.357 e. The molecule has 7 heteroatoms. The van der Waals surface area contributed by atoms with Crippen molar-refractivity contribution in [2.24, 2.45) is 10.9 Å². The fourth-order valence-electron chi connectivity index (χ4n) is 2.53. The molecule has 1 aliphatic carbocycles. The van der Waals surface area contributed by atoms with E-state index in [2.05, 4.69) is 26.0 Å². The number of carbonyl (C=O) groups is 1. The highest BCUT2D eigenvalue weighted by atomic mass is 16.2. The van der Waals surface area contributed by atoms with E-state index in [1.165, 1.54) is 0 Å². The van der Waals surface area contributed by atoms with Crippen LogP contribution < -0.4 is 16.0 Å². The van der Waals surface area contributed by atoms with Gasteiger partial charge in [-0.1, -0.05) is 18.2 Å². The highest BCUT2D eigenvalue weighted by molar-refractivity contribution is 5.81. The van der Waals surface area contributed by atoms with Crippen LogP contribution in [0.25, 0.3) is 5.69 Å². The number of hydrogen-bond donors (Lipinski definition) is 3. The van der Waals surface area contributed by atoms with Crippen molar-refractivity contribution in [3.63, 3.8) is 0 Å². The Morgan fingerprint density at radius 1 is 1.19 bits per heavy atom. The smallest absolute Gasteiger partial charge is 0.223 e. The quantitative estimate of drug-likeness (QED) is 0.381. The Morgan fingerprint density at radius 3 is 2.69 bits per heavy atom. The Kier molecular flexibility index (Phi) is 6.24. The van der Waals surface area contributed by atoms with Gasteiger partial charge in [-0.25, -0.2) is 9.67 Å². The maximum Gasteiger partial charge on any atom is 0.223 e. The van der Waals surface area contributed by atoms with E-state index >= 15 is 0 Å². The molecule has 1 aromatic heterocycles. The molecule has 138 valence electrons. The molecular formula is C19H26N6O. The molecule has 0 aliphatic heterocycles. The maximum absolute atomic E-state index is 11.6. The van der Waals surface area contributed by atoms with Gasteiger partial charge < -0.3 is 16.0 Å². The lowest BCUT2D eigenvalue weighted by Crippen LogP contribution is -2.41. The van der Waals surface area contributed by atoms with E-state index < -0.39 is 0 Å². The second-order valence-electron chi connectivity index (χ2n) is 6.32. The molecule has 1 aromatic carbocycles. The zero-order valence-corrected chi connectivity index (χ0v) is 15.1. The van der Waals surface area contributed by atoms with Crippen LogP contribution in [0.3, 0.4) is 0 Å². The van der Waals surface area contributed by atoms with Crippen molar-refractivity contribution in [1.29, 1.82) is 0 Å². The average molecular weight is 354 g/mol. The van der Waals surface area contributed by atoms with Crippen LogP contribution in [-0.4, -0.2) is 41.3 Å². The van der Waals surface area contributed by atoms with Crippen LogP contribution in [-0.2, 0) is 11.3 Å². The summed E-state index contributed by atoms with van der Waals surface area (Å²) in [5.41, 5.74) is 2.06. The number of amides is 1. The summed E-state index contributed by atoms with van der Waals surface area (Å²) < 4.78 is 1.85. The molecule has 1 heterocycles. The van der Waals surface area contributed by atoms with Crippen molar-refractivity contribution in [2.75, 3.05) is 19.6 Å². The summed E-state index contributed by atoms with van der Waals surface area (Å²) in [6, 6.07) is 10.00. The molecule has 1 saturated carbocycles. The van der Waals surface area contributed by atoms with E-state index in [1.807, 2.05) is 54.3 Å². The zero-order chi connectivity index (χ0) is 18.2. The number of aliphatic imine (C=N–C) groups is 1. The van der Waals surface area contributed by atoms with Crippen molar-refractivity contribution in [3.8, 4) is 5.69 Å². The second-order valence-corrected chi connectivity index (χ2v) is 6.32. The van der Waals surface area contributed by atoms with Crippen LogP contribution >= 0.6 is 0 Å². The maximum atomic E-state index is 11.6. The molecular weight excluding hydrogens is 328 g/mol. The predicted octanol–water partition coefficient (Wildman–Crippen LogP) is 1.45. The van der Waals surface area contributed by atoms with Crippen molar-refractivity contribution in [1.82, 2.24) is 25.7 Å². The summed E-state index contributed by atoms with van der Waals surface area (Å²) in [5.74, 6) is 1.15. The highest BCUT2D eigenvalue weighted by Crippen LogP contribution is 2.28. The standard InChI is InChI=1S/C19H26N6O/c1-2-20-19(22-11-10-21-18(26)16-8-9-16)23-12-15-13-24-25(14-15)17-6-4-3-5-7-17/h3-7,13-14,16H,2,8-12H2,1H3,(H,21,26)(H2,20,22,23). The first kappa shape index (κ1) is 18.0. The molecule has 1 amide bonds. The molecule has 7 nitrogen and oxygen atoms in total. The van der Waals surface area contributed by atoms with E-state index in [4.69, 9.17) is 0 Å². The Bertz CT molecular complexity index is 735. The minimum atomic E-state index is 0.169. The summed E-state index contributed by atoms with van der Waals surface area (Å²) in [6.07, 6.45) is 5.87. The molecule has 0 spiro atoms. The molecule has 3 N–H and O–H groups in total. The molecule has 0 saturated heterocycles. The number of carbonyl (C=O) groups excluding carboxylic acids is 1. The van der Waals surface area contributed by atoms with Crippen molar-refractivity contribution >= 4 is 11.9 Å². The van der Waals surface area contributed by atoms with Crippen molar-refractivity contribution in [3.05, 3.63) is 48.3 Å². The summed E-state index contributed by atoms with van der Waals surface area (Å²) in [5, 5.41) is 13.8. The molecule has 0 bridgehead atoms. The van der Waals surface area contributed by atoms with Gasteiger partial charge in [-0.15, -0.1) is 0 Å². The largest absolute Gasteiger partial charge is 0.357 e. The van der Waals surface area contributed by atoms with Gasteiger partial charge in [0.1, 0.15) is 0 Å². The molecule has 0 atom stereocenters. The Balaban J connectivity index is 1.48. The van der Waals surface area contributed by atoms with Crippen molar-refractivity contribution in [2.45, 2.75) is 26.3 Å². The number of nitrogens with one attached hydrogen (secondary N) is 3. The topological polar surface area (TPSA) is 83.3 Å². The van der Waals surface area contributed by atoms with Crippen LogP contribution in [0.4, 0.5) is 0 Å². The third-order valence-corrected chi connectivity index (χ3v) is 4.09. The average Bonchev–Trinajstić information content (AvgIpc) is 3.42. The van der Waals surface area contributed by atoms with Gasteiger partial charge in [0.05, 0.1) is 18.4 Å². The van der Waals surface area contributed by atoms with Gasteiger partial charge in [0, 0.05) is 37.3 Å². The number of hydrogen-bond acceptors (Lipinski definition) is 3. The van der Waals surface area contributed by atoms with Crippen LogP contribution in [0, 0.1) is 5.92 Å². The third-order valence-electron chi connectivity index (χ3n) is 4.09. The Hall–Kier alpha value is -2.83. The van der Waals surface area contributed by atoms with Gasteiger partial charge in [0.2, 0.25) is 5.91 Å². The van der Waals surface area contributed by atoms with Crippen LogP contribution in [0.15, 0.2) is 47.7 Å². The molecule has 26 heavy (non-hydrogen) atoms. The SMILES string of the molecule is CCNC(=NCc1cnn(-c2ccccc2)c1)NCCNC(=O)C1CC1. The van der Waals surface area contributed by atoms with E-state index in [-0.39, 0.29) is 11.8 Å². The Labute approximate surface area is 153 Å². The summed E-state index contributed by atoms with van der Waals surface area (Å²) in [7, 11) is 0. The fourth-order valence-corrected chi connectivity index (χ4v) is 2.53. The molecule has 3 rings (SSSR count). The summed E-state index contributed by atoms with van der Waals surface area (Å²) >= 11 is 0. The monoisotopic (exact) mass is 354 g/mol. The molecule has 0 radical (unpaired) electrons. The molecule has 2 aromatic rings. The zero-order valence-electron chi connectivity index (χ0n) is 15.1. The number of benzene rings is 1. The lowest BCUT2D eigenvalue weighted by atomic mass is 10.3. The van der Waals surface area contributed by atoms with Crippen LogP contribution in [0.2, 0.25) is 0 Å². The van der Waals surface area contributed by atoms with Crippen molar-refractivity contribution < 1.29 is 4.79 Å². The van der Waals surface area contributed by atoms with E-state index in [0.717, 1.165) is 36.6 Å². The first-order valence-corrected chi connectivity index (χ1v) is 9.15. The first-order valence-electron chi connectivity index (χ1n) is 9.15. The number of para-hydroxylation sites is 1. The number of guanidine groups is 1. The Morgan fingerprint density at radius 2 is 1.96 bits per heavy atom. The second kappa shape index (κ2) is 9.03. The fraction of sp³-hybridized carbons (Fsp3) is 0.421. The van der Waals surface area contributed by atoms with E-state index in [1.54, 1.807) is 0 Å². The number of aromatic nitrogens is 2. The normalized spacial score (nSPS) is 14.1. The lowest BCUT2D eigenvalue weighted by molar-refractivity contribution is -0.122. The minimum absolute atomic E-state index is 0.169. The molecule has 1 fully saturated rings. The van der Waals surface area contributed by atoms with Gasteiger partial charge in [-0.05, 0) is 31.9 Å². The van der Waals surface area contributed by atoms with Crippen LogP contribution in [0.5, 0.6) is 0 Å². The van der Waals surface area contributed by atoms with Gasteiger partial charge in [0.25, 0.3) is 0 Å². The van der Waals surface area contributed by atoms with Gasteiger partial charge in [0.15, 0.2) is 5.96 Å². The predicted molar refractivity (Wildman–Crippen MR) is 102 cm³/mol. The van der Waals surface area contributed by atoms with E-state index in [9.17, 15) is 4.79 Å². The number of nitrogens with zero attached hydrogens (tertiary/aromatic N) is 3. The summed E-state index contributed by atoms with van der Waals surface area (Å²) in [6.45, 7) is 4.60. The third kappa shape index (κ3) is 5.34. The number of rotatable bonds is 8. The molecule has 0 unspecified atom stereocenters.